The lowest BCUT2D eigenvalue weighted by molar-refractivity contribution is -0.138. The molecule has 116 valence electrons. The van der Waals surface area contributed by atoms with E-state index in [-0.39, 0.29) is 23.1 Å². The van der Waals surface area contributed by atoms with E-state index in [4.69, 9.17) is 16.0 Å². The molecule has 0 aromatic rings. The number of carbonyl (C=O) groups excluding carboxylic acids is 1. The summed E-state index contributed by atoms with van der Waals surface area (Å²) in [6.45, 7) is 11.6. The average Bonchev–Trinajstić information content (AvgIpc) is 2.68. The van der Waals surface area contributed by atoms with Crippen LogP contribution >= 0.6 is 11.6 Å². The minimum Gasteiger partial charge on any atom is -0.412 e. The maximum Gasteiger partial charge on any atom is 0.241 e. The number of piperidine rings is 1. The molecule has 0 saturated carbocycles. The number of amides is 1. The highest BCUT2D eigenvalue weighted by Gasteiger charge is 2.48. The van der Waals surface area contributed by atoms with Crippen molar-refractivity contribution in [1.29, 1.82) is 0 Å². The average molecular weight is 320 g/mol. The topological polar surface area (TPSA) is 49.8 Å². The highest BCUT2D eigenvalue weighted by molar-refractivity contribution is 6.74. The number of halogens is 1. The van der Waals surface area contributed by atoms with E-state index >= 15 is 0 Å². The third kappa shape index (κ3) is 2.91. The molecule has 0 radical (unpaired) electrons. The van der Waals surface area contributed by atoms with Gasteiger partial charge in [0.2, 0.25) is 5.91 Å². The zero-order chi connectivity index (χ0) is 15.3. The van der Waals surface area contributed by atoms with Crippen molar-refractivity contribution in [3.8, 4) is 0 Å². The van der Waals surface area contributed by atoms with E-state index in [1.54, 1.807) is 4.90 Å². The second kappa shape index (κ2) is 5.27. The van der Waals surface area contributed by atoms with Gasteiger partial charge in [0, 0.05) is 13.0 Å². The normalized spacial score (nSPS) is 35.4. The predicted octanol–water partition coefficient (Wildman–Crippen LogP) is 2.35. The zero-order valence-electron chi connectivity index (χ0n) is 13.0. The Labute approximate surface area is 127 Å². The van der Waals surface area contributed by atoms with Crippen molar-refractivity contribution in [2.45, 2.75) is 75.4 Å². The minimum atomic E-state index is -1.85. The molecule has 0 bridgehead atoms. The molecule has 1 amide bonds. The van der Waals surface area contributed by atoms with E-state index in [9.17, 15) is 9.90 Å². The summed E-state index contributed by atoms with van der Waals surface area (Å²) in [6.07, 6.45) is 0.585. The molecule has 0 aromatic heterocycles. The number of rotatable bonds is 2. The standard InChI is InChI=1S/C14H26ClNO3Si/c1-14(2,3)20(4,5)19-9-6-11-12(17)7-10(15)13(18)16(11)8-9/h9-12,17H,6-8H2,1-5H3/t9-,10-,11?,12-/m1/s1. The van der Waals surface area contributed by atoms with Crippen molar-refractivity contribution in [3.63, 3.8) is 0 Å². The lowest BCUT2D eigenvalue weighted by Crippen LogP contribution is -2.52. The molecule has 2 saturated heterocycles. The van der Waals surface area contributed by atoms with Crippen LogP contribution in [0, 0.1) is 0 Å². The Morgan fingerprint density at radius 1 is 1.35 bits per heavy atom. The summed E-state index contributed by atoms with van der Waals surface area (Å²) in [5.74, 6) is -0.0525. The Kier molecular flexibility index (Phi) is 4.29. The first-order valence-corrected chi connectivity index (χ1v) is 10.7. The van der Waals surface area contributed by atoms with Crippen LogP contribution in [-0.2, 0) is 9.22 Å². The second-order valence-corrected chi connectivity index (χ2v) is 12.8. The highest BCUT2D eigenvalue weighted by atomic mass is 35.5. The molecule has 2 rings (SSSR count). The highest BCUT2D eigenvalue weighted by Crippen LogP contribution is 2.40. The van der Waals surface area contributed by atoms with Crippen LogP contribution in [-0.4, -0.2) is 54.4 Å². The largest absolute Gasteiger partial charge is 0.412 e. The fraction of sp³-hybridized carbons (Fsp3) is 0.929. The number of hydrogen-bond donors (Lipinski definition) is 1. The minimum absolute atomic E-state index is 0.0291. The lowest BCUT2D eigenvalue weighted by Gasteiger charge is -2.38. The van der Waals surface area contributed by atoms with Crippen molar-refractivity contribution in [2.24, 2.45) is 0 Å². The quantitative estimate of drug-likeness (QED) is 0.628. The van der Waals surface area contributed by atoms with Gasteiger partial charge in [-0.2, -0.15) is 0 Å². The number of alkyl halides is 1. The first-order valence-electron chi connectivity index (χ1n) is 7.33. The SMILES string of the molecule is CC(C)(C)[Si](C)(C)O[C@@H]1CC2[C@H](O)C[C@@H](Cl)C(=O)N2C1. The third-order valence-electron chi connectivity index (χ3n) is 5.02. The van der Waals surface area contributed by atoms with Gasteiger partial charge in [-0.05, 0) is 24.6 Å². The summed E-state index contributed by atoms with van der Waals surface area (Å²) >= 11 is 6.00. The lowest BCUT2D eigenvalue weighted by atomic mass is 9.98. The molecular weight excluding hydrogens is 294 g/mol. The summed E-state index contributed by atoms with van der Waals surface area (Å²) in [4.78, 5) is 13.8. The summed E-state index contributed by atoms with van der Waals surface area (Å²) in [6, 6.07) is -0.118. The van der Waals surface area contributed by atoms with Gasteiger partial charge in [-0.3, -0.25) is 4.79 Å². The summed E-state index contributed by atoms with van der Waals surface area (Å²) in [5, 5.41) is 9.68. The molecule has 2 fully saturated rings. The van der Waals surface area contributed by atoms with Gasteiger partial charge in [-0.25, -0.2) is 0 Å². The Hall–Kier alpha value is -0.103. The van der Waals surface area contributed by atoms with Gasteiger partial charge in [-0.1, -0.05) is 20.8 Å². The van der Waals surface area contributed by atoms with Crippen LogP contribution < -0.4 is 0 Å². The molecule has 0 aromatic carbocycles. The van der Waals surface area contributed by atoms with Gasteiger partial charge < -0.3 is 14.4 Å². The number of carbonyl (C=O) groups is 1. The first-order chi connectivity index (χ1) is 9.03. The van der Waals surface area contributed by atoms with Crippen molar-refractivity contribution in [2.75, 3.05) is 6.54 Å². The molecule has 0 spiro atoms. The van der Waals surface area contributed by atoms with E-state index in [0.29, 0.717) is 13.0 Å². The van der Waals surface area contributed by atoms with Crippen LogP contribution in [0.5, 0.6) is 0 Å². The number of aliphatic hydroxyl groups excluding tert-OH is 1. The number of fused-ring (bicyclic) bond motifs is 1. The van der Waals surface area contributed by atoms with E-state index in [1.165, 1.54) is 0 Å². The summed E-state index contributed by atoms with van der Waals surface area (Å²) in [7, 11) is -1.85. The van der Waals surface area contributed by atoms with Crippen molar-refractivity contribution >= 4 is 25.8 Å². The predicted molar refractivity (Wildman–Crippen MR) is 82.5 cm³/mol. The molecule has 20 heavy (non-hydrogen) atoms. The smallest absolute Gasteiger partial charge is 0.241 e. The first kappa shape index (κ1) is 16.3. The molecule has 2 heterocycles. The fourth-order valence-electron chi connectivity index (χ4n) is 2.77. The van der Waals surface area contributed by atoms with E-state index in [1.807, 2.05) is 0 Å². The molecule has 0 aliphatic carbocycles. The van der Waals surface area contributed by atoms with Crippen LogP contribution in [0.1, 0.15) is 33.6 Å². The maximum atomic E-state index is 12.1. The van der Waals surface area contributed by atoms with Crippen molar-refractivity contribution in [3.05, 3.63) is 0 Å². The van der Waals surface area contributed by atoms with Gasteiger partial charge >= 0.3 is 0 Å². The summed E-state index contributed by atoms with van der Waals surface area (Å²) < 4.78 is 6.38. The Morgan fingerprint density at radius 3 is 2.50 bits per heavy atom. The van der Waals surface area contributed by atoms with Gasteiger partial charge in [0.05, 0.1) is 18.2 Å². The third-order valence-corrected chi connectivity index (χ3v) is 9.92. The zero-order valence-corrected chi connectivity index (χ0v) is 14.8. The molecule has 2 aliphatic heterocycles. The summed E-state index contributed by atoms with van der Waals surface area (Å²) in [5.41, 5.74) is 0. The van der Waals surface area contributed by atoms with Crippen molar-refractivity contribution in [1.82, 2.24) is 4.90 Å². The molecule has 4 nitrogen and oxygen atoms in total. The van der Waals surface area contributed by atoms with Gasteiger partial charge in [0.15, 0.2) is 8.32 Å². The van der Waals surface area contributed by atoms with Crippen LogP contribution in [0.15, 0.2) is 0 Å². The Bertz CT molecular complexity index is 396. The van der Waals surface area contributed by atoms with Crippen LogP contribution in [0.3, 0.4) is 0 Å². The second-order valence-electron chi connectivity index (χ2n) is 7.56. The van der Waals surface area contributed by atoms with Gasteiger partial charge in [-0.15, -0.1) is 11.6 Å². The number of hydrogen-bond acceptors (Lipinski definition) is 3. The molecule has 1 unspecified atom stereocenters. The van der Waals surface area contributed by atoms with Crippen LogP contribution in [0.2, 0.25) is 18.1 Å². The fourth-order valence-corrected chi connectivity index (χ4v) is 4.44. The number of aliphatic hydroxyl groups is 1. The molecule has 6 heteroatoms. The molecule has 2 aliphatic rings. The van der Waals surface area contributed by atoms with Crippen LogP contribution in [0.4, 0.5) is 0 Å². The molecule has 1 N–H and O–H groups in total. The molecular formula is C14H26ClNO3Si. The maximum absolute atomic E-state index is 12.1. The van der Waals surface area contributed by atoms with Gasteiger partial charge in [0.25, 0.3) is 0 Å². The van der Waals surface area contributed by atoms with E-state index in [0.717, 1.165) is 6.42 Å². The number of nitrogens with zero attached hydrogens (tertiary/aromatic N) is 1. The van der Waals surface area contributed by atoms with Gasteiger partial charge in [0.1, 0.15) is 5.38 Å². The molecule has 4 atom stereocenters. The van der Waals surface area contributed by atoms with E-state index < -0.39 is 19.8 Å². The van der Waals surface area contributed by atoms with Crippen molar-refractivity contribution < 1.29 is 14.3 Å². The Morgan fingerprint density at radius 2 is 1.95 bits per heavy atom. The Balaban J connectivity index is 2.07. The van der Waals surface area contributed by atoms with Crippen LogP contribution in [0.25, 0.3) is 0 Å². The monoisotopic (exact) mass is 319 g/mol. The van der Waals surface area contributed by atoms with E-state index in [2.05, 4.69) is 33.9 Å².